The fourth-order valence-corrected chi connectivity index (χ4v) is 3.94. The lowest BCUT2D eigenvalue weighted by Crippen LogP contribution is -2.29. The normalized spacial score (nSPS) is 11.2. The van der Waals surface area contributed by atoms with E-state index in [9.17, 15) is 23.8 Å². The summed E-state index contributed by atoms with van der Waals surface area (Å²) in [6, 6.07) is 13.4. The van der Waals surface area contributed by atoms with Gasteiger partial charge in [-0.1, -0.05) is 17.7 Å². The average molecular weight is 432 g/mol. The summed E-state index contributed by atoms with van der Waals surface area (Å²) < 4.78 is 26.9. The summed E-state index contributed by atoms with van der Waals surface area (Å²) in [7, 11) is -3.71. The van der Waals surface area contributed by atoms with Gasteiger partial charge in [-0.3, -0.25) is 10.1 Å². The fourth-order valence-electron chi connectivity index (χ4n) is 2.60. The molecule has 148 valence electrons. The standard InChI is InChI=1S/C18H14ClN5O4S/c19-13-2-1-3-15(9-13)29(27,28)22-7-6-21-18-8-12(11-20)16-10-14(24(25)26)4-5-17(16)23-18/h1-5,8-10,22H,6-7H2,(H,21,23). The topological polar surface area (TPSA) is 138 Å². The van der Waals surface area contributed by atoms with Gasteiger partial charge in [0.15, 0.2) is 0 Å². The zero-order valence-electron chi connectivity index (χ0n) is 14.8. The second-order valence-electron chi connectivity index (χ2n) is 5.91. The van der Waals surface area contributed by atoms with E-state index < -0.39 is 14.9 Å². The Morgan fingerprint density at radius 3 is 2.66 bits per heavy atom. The molecule has 29 heavy (non-hydrogen) atoms. The van der Waals surface area contributed by atoms with Gasteiger partial charge in [-0.15, -0.1) is 0 Å². The molecule has 0 spiro atoms. The number of fused-ring (bicyclic) bond motifs is 1. The number of sulfonamides is 1. The number of hydrogen-bond donors (Lipinski definition) is 2. The number of nitrogens with zero attached hydrogens (tertiary/aromatic N) is 3. The van der Waals surface area contributed by atoms with Crippen molar-refractivity contribution in [2.24, 2.45) is 0 Å². The van der Waals surface area contributed by atoms with E-state index in [2.05, 4.69) is 15.0 Å². The summed E-state index contributed by atoms with van der Waals surface area (Å²) in [5, 5.41) is 23.9. The van der Waals surface area contributed by atoms with Gasteiger partial charge in [-0.2, -0.15) is 5.26 Å². The van der Waals surface area contributed by atoms with Gasteiger partial charge in [-0.05, 0) is 30.3 Å². The van der Waals surface area contributed by atoms with Crippen molar-refractivity contribution in [1.82, 2.24) is 9.71 Å². The number of nitrogens with one attached hydrogen (secondary N) is 2. The van der Waals surface area contributed by atoms with Gasteiger partial charge in [0.1, 0.15) is 5.82 Å². The van der Waals surface area contributed by atoms with E-state index in [1.807, 2.05) is 6.07 Å². The van der Waals surface area contributed by atoms with Crippen LogP contribution in [0.1, 0.15) is 5.56 Å². The van der Waals surface area contributed by atoms with Gasteiger partial charge in [0.2, 0.25) is 10.0 Å². The van der Waals surface area contributed by atoms with E-state index in [0.717, 1.165) is 0 Å². The number of hydrogen-bond acceptors (Lipinski definition) is 7. The second-order valence-corrected chi connectivity index (χ2v) is 8.11. The summed E-state index contributed by atoms with van der Waals surface area (Å²) in [6.07, 6.45) is 0. The largest absolute Gasteiger partial charge is 0.369 e. The molecule has 2 N–H and O–H groups in total. The predicted molar refractivity (Wildman–Crippen MR) is 108 cm³/mol. The van der Waals surface area contributed by atoms with Crippen LogP contribution in [0.2, 0.25) is 5.02 Å². The second kappa shape index (κ2) is 8.40. The Labute approximate surface area is 171 Å². The number of halogens is 1. The number of nitro groups is 1. The lowest BCUT2D eigenvalue weighted by Gasteiger charge is -2.10. The molecule has 3 rings (SSSR count). The molecule has 0 radical (unpaired) electrons. The Hall–Kier alpha value is -3.26. The van der Waals surface area contributed by atoms with Crippen molar-refractivity contribution in [2.75, 3.05) is 18.4 Å². The predicted octanol–water partition coefficient (Wildman–Crippen LogP) is 3.06. The van der Waals surface area contributed by atoms with E-state index in [-0.39, 0.29) is 29.2 Å². The molecule has 0 atom stereocenters. The minimum absolute atomic E-state index is 0.0576. The van der Waals surface area contributed by atoms with Gasteiger partial charge in [-0.25, -0.2) is 18.1 Å². The van der Waals surface area contributed by atoms with Crippen molar-refractivity contribution in [1.29, 1.82) is 5.26 Å². The lowest BCUT2D eigenvalue weighted by atomic mass is 10.1. The highest BCUT2D eigenvalue weighted by Crippen LogP contribution is 2.24. The van der Waals surface area contributed by atoms with Crippen LogP contribution in [-0.2, 0) is 10.0 Å². The van der Waals surface area contributed by atoms with Crippen molar-refractivity contribution in [3.63, 3.8) is 0 Å². The Kier molecular flexibility index (Phi) is 5.93. The summed E-state index contributed by atoms with van der Waals surface area (Å²) in [5.74, 6) is 0.352. The number of anilines is 1. The first-order valence-electron chi connectivity index (χ1n) is 8.28. The summed E-state index contributed by atoms with van der Waals surface area (Å²) in [4.78, 5) is 14.7. The number of benzene rings is 2. The Balaban J connectivity index is 1.70. The maximum Gasteiger partial charge on any atom is 0.270 e. The molecule has 0 saturated heterocycles. The van der Waals surface area contributed by atoms with Crippen molar-refractivity contribution in [3.05, 3.63) is 69.2 Å². The van der Waals surface area contributed by atoms with Crippen LogP contribution < -0.4 is 10.0 Å². The van der Waals surface area contributed by atoms with E-state index in [1.165, 1.54) is 36.4 Å². The smallest absolute Gasteiger partial charge is 0.270 e. The minimum atomic E-state index is -3.71. The van der Waals surface area contributed by atoms with Gasteiger partial charge in [0.05, 0.1) is 27.0 Å². The zero-order valence-corrected chi connectivity index (χ0v) is 16.4. The quantitative estimate of drug-likeness (QED) is 0.333. The first-order valence-corrected chi connectivity index (χ1v) is 10.1. The van der Waals surface area contributed by atoms with E-state index in [4.69, 9.17) is 11.6 Å². The Morgan fingerprint density at radius 1 is 1.17 bits per heavy atom. The third-order valence-electron chi connectivity index (χ3n) is 3.95. The van der Waals surface area contributed by atoms with Crippen molar-refractivity contribution in [3.8, 4) is 6.07 Å². The maximum absolute atomic E-state index is 12.2. The highest BCUT2D eigenvalue weighted by atomic mass is 35.5. The molecule has 0 fully saturated rings. The van der Waals surface area contributed by atoms with E-state index in [1.54, 1.807) is 12.1 Å². The molecule has 0 aliphatic heterocycles. The average Bonchev–Trinajstić information content (AvgIpc) is 2.70. The van der Waals surface area contributed by atoms with Gasteiger partial charge in [0.25, 0.3) is 5.69 Å². The number of rotatable bonds is 7. The first-order chi connectivity index (χ1) is 13.8. The number of pyridine rings is 1. The van der Waals surface area contributed by atoms with Crippen LogP contribution in [0.5, 0.6) is 0 Å². The minimum Gasteiger partial charge on any atom is -0.369 e. The maximum atomic E-state index is 12.2. The van der Waals surface area contributed by atoms with Crippen molar-refractivity contribution >= 4 is 44.0 Å². The zero-order chi connectivity index (χ0) is 21.0. The van der Waals surface area contributed by atoms with Crippen LogP contribution in [0.3, 0.4) is 0 Å². The van der Waals surface area contributed by atoms with Crippen molar-refractivity contribution < 1.29 is 13.3 Å². The Morgan fingerprint density at radius 2 is 1.97 bits per heavy atom. The fraction of sp³-hybridized carbons (Fsp3) is 0.111. The molecule has 0 bridgehead atoms. The van der Waals surface area contributed by atoms with E-state index >= 15 is 0 Å². The van der Waals surface area contributed by atoms with Crippen LogP contribution in [0.4, 0.5) is 11.5 Å². The van der Waals surface area contributed by atoms with Gasteiger partial charge >= 0.3 is 0 Å². The number of nitriles is 1. The molecule has 0 saturated carbocycles. The first kappa shape index (κ1) is 20.5. The van der Waals surface area contributed by atoms with Crippen LogP contribution in [-0.4, -0.2) is 31.4 Å². The van der Waals surface area contributed by atoms with Crippen LogP contribution in [0.25, 0.3) is 10.9 Å². The molecule has 1 heterocycles. The van der Waals surface area contributed by atoms with Crippen molar-refractivity contribution in [2.45, 2.75) is 4.90 Å². The lowest BCUT2D eigenvalue weighted by molar-refractivity contribution is -0.384. The number of aromatic nitrogens is 1. The molecule has 0 aliphatic rings. The molecule has 0 amide bonds. The van der Waals surface area contributed by atoms with Gasteiger partial charge in [0, 0.05) is 35.6 Å². The highest BCUT2D eigenvalue weighted by molar-refractivity contribution is 7.89. The molecular formula is C18H14ClN5O4S. The molecular weight excluding hydrogens is 418 g/mol. The molecule has 1 aromatic heterocycles. The van der Waals surface area contributed by atoms with Crippen LogP contribution in [0.15, 0.2) is 53.4 Å². The number of non-ortho nitro benzene ring substituents is 1. The summed E-state index contributed by atoms with van der Waals surface area (Å²) >= 11 is 5.82. The van der Waals surface area contributed by atoms with E-state index in [0.29, 0.717) is 21.7 Å². The van der Waals surface area contributed by atoms with Gasteiger partial charge < -0.3 is 5.32 Å². The molecule has 11 heteroatoms. The molecule has 0 unspecified atom stereocenters. The summed E-state index contributed by atoms with van der Waals surface area (Å²) in [6.45, 7) is 0.271. The summed E-state index contributed by atoms with van der Waals surface area (Å²) in [5.41, 5.74) is 0.504. The molecule has 9 nitrogen and oxygen atoms in total. The van der Waals surface area contributed by atoms with Crippen LogP contribution in [0, 0.1) is 21.4 Å². The molecule has 3 aromatic rings. The molecule has 2 aromatic carbocycles. The molecule has 0 aliphatic carbocycles. The monoisotopic (exact) mass is 431 g/mol. The highest BCUT2D eigenvalue weighted by Gasteiger charge is 2.14. The third kappa shape index (κ3) is 4.78. The SMILES string of the molecule is N#Cc1cc(NCCNS(=O)(=O)c2cccc(Cl)c2)nc2ccc([N+](=O)[O-])cc12. The van der Waals surface area contributed by atoms with Crippen LogP contribution >= 0.6 is 11.6 Å². The third-order valence-corrected chi connectivity index (χ3v) is 5.65. The Bertz CT molecular complexity index is 1240. The number of nitro benzene ring substituents is 1.